The second kappa shape index (κ2) is 6.73. The van der Waals surface area contributed by atoms with Crippen molar-refractivity contribution < 1.29 is 9.59 Å². The van der Waals surface area contributed by atoms with Crippen molar-refractivity contribution in [2.75, 3.05) is 20.1 Å². The molecule has 1 unspecified atom stereocenters. The molecule has 0 aromatic heterocycles. The average Bonchev–Trinajstić information content (AvgIpc) is 2.63. The van der Waals surface area contributed by atoms with Gasteiger partial charge < -0.3 is 16.0 Å². The van der Waals surface area contributed by atoms with Crippen molar-refractivity contribution in [2.45, 2.75) is 45.6 Å². The molecule has 1 fully saturated rings. The van der Waals surface area contributed by atoms with Crippen LogP contribution in [0.2, 0.25) is 0 Å². The van der Waals surface area contributed by atoms with Crippen LogP contribution in [-0.2, 0) is 9.59 Å². The lowest BCUT2D eigenvalue weighted by atomic mass is 9.92. The summed E-state index contributed by atoms with van der Waals surface area (Å²) in [4.78, 5) is 23.6. The first kappa shape index (κ1) is 15.0. The highest BCUT2D eigenvalue weighted by Gasteiger charge is 2.28. The Balaban J connectivity index is 2.42. The van der Waals surface area contributed by atoms with Crippen LogP contribution in [0.1, 0.15) is 39.5 Å². The summed E-state index contributed by atoms with van der Waals surface area (Å²) in [6, 6.07) is -0.104. The fourth-order valence-electron chi connectivity index (χ4n) is 2.10. The van der Waals surface area contributed by atoms with Crippen LogP contribution in [0.4, 0.5) is 0 Å². The Morgan fingerprint density at radius 3 is 2.67 bits per heavy atom. The van der Waals surface area contributed by atoms with E-state index < -0.39 is 5.41 Å². The molecule has 0 saturated carbocycles. The SMILES string of the molecule is CNC(=O)C(C)(C)CNC(=O)C1CCCCCN1. The summed E-state index contributed by atoms with van der Waals surface area (Å²) in [7, 11) is 1.61. The maximum atomic E-state index is 12.0. The topological polar surface area (TPSA) is 70.2 Å². The fourth-order valence-corrected chi connectivity index (χ4v) is 2.10. The smallest absolute Gasteiger partial charge is 0.237 e. The van der Waals surface area contributed by atoms with E-state index in [1.54, 1.807) is 7.05 Å². The third kappa shape index (κ3) is 4.29. The Labute approximate surface area is 109 Å². The summed E-state index contributed by atoms with van der Waals surface area (Å²) in [5, 5.41) is 8.73. The van der Waals surface area contributed by atoms with Crippen LogP contribution in [0.3, 0.4) is 0 Å². The molecule has 5 heteroatoms. The Morgan fingerprint density at radius 1 is 1.28 bits per heavy atom. The molecular weight excluding hydrogens is 230 g/mol. The van der Waals surface area contributed by atoms with Crippen LogP contribution in [0.15, 0.2) is 0 Å². The third-order valence-electron chi connectivity index (χ3n) is 3.42. The summed E-state index contributed by atoms with van der Waals surface area (Å²) < 4.78 is 0. The molecule has 1 heterocycles. The fraction of sp³-hybridized carbons (Fsp3) is 0.846. The molecule has 0 aromatic carbocycles. The normalized spacial score (nSPS) is 20.9. The maximum Gasteiger partial charge on any atom is 0.237 e. The Morgan fingerprint density at radius 2 is 2.00 bits per heavy atom. The van der Waals surface area contributed by atoms with Crippen molar-refractivity contribution in [3.05, 3.63) is 0 Å². The summed E-state index contributed by atoms with van der Waals surface area (Å²) in [6.07, 6.45) is 4.28. The zero-order valence-electron chi connectivity index (χ0n) is 11.6. The number of amides is 2. The molecule has 18 heavy (non-hydrogen) atoms. The number of carbonyl (C=O) groups excluding carboxylic acids is 2. The van der Waals surface area contributed by atoms with Crippen LogP contribution in [-0.4, -0.2) is 38.0 Å². The van der Waals surface area contributed by atoms with Gasteiger partial charge in [-0.3, -0.25) is 9.59 Å². The summed E-state index contributed by atoms with van der Waals surface area (Å²) in [6.45, 7) is 4.92. The molecule has 0 bridgehead atoms. The van der Waals surface area contributed by atoms with Gasteiger partial charge in [0.15, 0.2) is 0 Å². The van der Waals surface area contributed by atoms with Crippen LogP contribution >= 0.6 is 0 Å². The Bertz CT molecular complexity index is 295. The van der Waals surface area contributed by atoms with Crippen molar-refractivity contribution in [3.63, 3.8) is 0 Å². The minimum atomic E-state index is -0.574. The molecule has 5 nitrogen and oxygen atoms in total. The Kier molecular flexibility index (Phi) is 5.59. The molecule has 3 N–H and O–H groups in total. The van der Waals surface area contributed by atoms with Gasteiger partial charge in [-0.2, -0.15) is 0 Å². The molecule has 0 aliphatic carbocycles. The summed E-state index contributed by atoms with van der Waals surface area (Å²) in [5.41, 5.74) is -0.574. The van der Waals surface area contributed by atoms with Crippen LogP contribution in [0, 0.1) is 5.41 Å². The van der Waals surface area contributed by atoms with Gasteiger partial charge in [0.05, 0.1) is 11.5 Å². The minimum absolute atomic E-state index is 0.00822. The standard InChI is InChI=1S/C13H25N3O2/c1-13(2,12(18)14-3)9-16-11(17)10-7-5-4-6-8-15-10/h10,15H,4-9H2,1-3H3,(H,14,18)(H,16,17). The molecule has 0 aromatic rings. The van der Waals surface area contributed by atoms with Gasteiger partial charge in [0, 0.05) is 13.6 Å². The predicted molar refractivity (Wildman–Crippen MR) is 71.1 cm³/mol. The lowest BCUT2D eigenvalue weighted by Crippen LogP contribution is -2.49. The van der Waals surface area contributed by atoms with Gasteiger partial charge in [0.2, 0.25) is 11.8 Å². The van der Waals surface area contributed by atoms with Gasteiger partial charge in [0.25, 0.3) is 0 Å². The van der Waals surface area contributed by atoms with Crippen LogP contribution in [0.5, 0.6) is 0 Å². The zero-order valence-corrected chi connectivity index (χ0v) is 11.6. The van der Waals surface area contributed by atoms with E-state index in [4.69, 9.17) is 0 Å². The first-order valence-corrected chi connectivity index (χ1v) is 6.70. The second-order valence-electron chi connectivity index (χ2n) is 5.54. The monoisotopic (exact) mass is 255 g/mol. The van der Waals surface area contributed by atoms with E-state index in [1.165, 1.54) is 6.42 Å². The molecule has 1 aliphatic heterocycles. The van der Waals surface area contributed by atoms with E-state index in [2.05, 4.69) is 16.0 Å². The van der Waals surface area contributed by atoms with Gasteiger partial charge in [-0.1, -0.05) is 12.8 Å². The molecule has 0 radical (unpaired) electrons. The summed E-state index contributed by atoms with van der Waals surface area (Å²) >= 11 is 0. The lowest BCUT2D eigenvalue weighted by Gasteiger charge is -2.24. The second-order valence-corrected chi connectivity index (χ2v) is 5.54. The third-order valence-corrected chi connectivity index (χ3v) is 3.42. The zero-order chi connectivity index (χ0) is 13.6. The highest BCUT2D eigenvalue weighted by molar-refractivity contribution is 5.85. The van der Waals surface area contributed by atoms with Crippen molar-refractivity contribution in [1.29, 1.82) is 0 Å². The molecule has 0 spiro atoms. The highest BCUT2D eigenvalue weighted by atomic mass is 16.2. The van der Waals surface area contributed by atoms with Crippen molar-refractivity contribution >= 4 is 11.8 Å². The molecular formula is C13H25N3O2. The number of hydrogen-bond donors (Lipinski definition) is 3. The molecule has 1 rings (SSSR count). The number of hydrogen-bond acceptors (Lipinski definition) is 3. The number of carbonyl (C=O) groups is 2. The summed E-state index contributed by atoms with van der Waals surface area (Å²) in [5.74, 6) is -0.0505. The van der Waals surface area contributed by atoms with Crippen LogP contribution in [0.25, 0.3) is 0 Å². The average molecular weight is 255 g/mol. The number of nitrogens with one attached hydrogen (secondary N) is 3. The lowest BCUT2D eigenvalue weighted by molar-refractivity contribution is -0.129. The van der Waals surface area contributed by atoms with E-state index in [9.17, 15) is 9.59 Å². The van der Waals surface area contributed by atoms with E-state index >= 15 is 0 Å². The van der Waals surface area contributed by atoms with E-state index in [-0.39, 0.29) is 17.9 Å². The van der Waals surface area contributed by atoms with Gasteiger partial charge in [0.1, 0.15) is 0 Å². The molecule has 2 amide bonds. The van der Waals surface area contributed by atoms with E-state index in [0.717, 1.165) is 25.8 Å². The largest absolute Gasteiger partial charge is 0.359 e. The van der Waals surface area contributed by atoms with Crippen molar-refractivity contribution in [3.8, 4) is 0 Å². The van der Waals surface area contributed by atoms with Gasteiger partial charge in [-0.15, -0.1) is 0 Å². The van der Waals surface area contributed by atoms with Crippen molar-refractivity contribution in [2.24, 2.45) is 5.41 Å². The van der Waals surface area contributed by atoms with E-state index in [0.29, 0.717) is 6.54 Å². The maximum absolute atomic E-state index is 12.0. The molecule has 1 aliphatic rings. The highest BCUT2D eigenvalue weighted by Crippen LogP contribution is 2.14. The predicted octanol–water partition coefficient (Wildman–Crippen LogP) is 0.407. The van der Waals surface area contributed by atoms with Gasteiger partial charge in [-0.05, 0) is 33.2 Å². The number of rotatable bonds is 4. The molecule has 1 atom stereocenters. The molecule has 104 valence electrons. The van der Waals surface area contributed by atoms with Crippen LogP contribution < -0.4 is 16.0 Å². The first-order chi connectivity index (χ1) is 8.47. The van der Waals surface area contributed by atoms with Crippen molar-refractivity contribution in [1.82, 2.24) is 16.0 Å². The first-order valence-electron chi connectivity index (χ1n) is 6.70. The van der Waals surface area contributed by atoms with E-state index in [1.807, 2.05) is 13.8 Å². The van der Waals surface area contributed by atoms with Gasteiger partial charge in [-0.25, -0.2) is 0 Å². The quantitative estimate of drug-likeness (QED) is 0.681. The van der Waals surface area contributed by atoms with Gasteiger partial charge >= 0.3 is 0 Å². The Hall–Kier alpha value is -1.10. The minimum Gasteiger partial charge on any atom is -0.359 e. The molecule has 1 saturated heterocycles.